The third kappa shape index (κ3) is 6.07. The molecule has 2 rings (SSSR count). The van der Waals surface area contributed by atoms with Gasteiger partial charge in [0, 0.05) is 19.7 Å². The summed E-state index contributed by atoms with van der Waals surface area (Å²) >= 11 is 0. The number of carbonyl (C=O) groups excluding carboxylic acids is 2. The van der Waals surface area contributed by atoms with Crippen LogP contribution in [-0.4, -0.2) is 51.0 Å². The van der Waals surface area contributed by atoms with Crippen LogP contribution in [0, 0.1) is 5.82 Å². The second kappa shape index (κ2) is 10.3. The summed E-state index contributed by atoms with van der Waals surface area (Å²) in [4.78, 5) is 25.4. The van der Waals surface area contributed by atoms with Crippen LogP contribution in [-0.2, 0) is 4.79 Å². The quantitative estimate of drug-likeness (QED) is 0.475. The van der Waals surface area contributed by atoms with Crippen molar-refractivity contribution < 1.29 is 28.2 Å². The van der Waals surface area contributed by atoms with Gasteiger partial charge < -0.3 is 19.1 Å². The smallest absolute Gasteiger partial charge is 0.259 e. The van der Waals surface area contributed by atoms with Crippen LogP contribution in [0.3, 0.4) is 0 Å². The van der Waals surface area contributed by atoms with Gasteiger partial charge in [-0.3, -0.25) is 9.59 Å². The lowest BCUT2D eigenvalue weighted by Gasteiger charge is -2.14. The van der Waals surface area contributed by atoms with Gasteiger partial charge in [0.05, 0.1) is 13.7 Å². The Bertz CT molecular complexity index is 908. The predicted molar refractivity (Wildman–Crippen MR) is 108 cm³/mol. The van der Waals surface area contributed by atoms with Gasteiger partial charge in [-0.25, -0.2) is 4.39 Å². The molecule has 0 bridgehead atoms. The fraction of sp³-hybridized carbons (Fsp3) is 0.273. The molecule has 0 aliphatic heterocycles. The standard InChI is InChI=1S/C22H24FNO5/c1-5-28-21-12-15(7-10-20(21)29-14-22(26)24(2)3)6-9-18(25)16-8-11-19(27-4)17(23)13-16/h6-13H,5,14H2,1-4H3/b9-6+. The Morgan fingerprint density at radius 2 is 1.76 bits per heavy atom. The highest BCUT2D eigenvalue weighted by atomic mass is 19.1. The molecular weight excluding hydrogens is 377 g/mol. The lowest BCUT2D eigenvalue weighted by molar-refractivity contribution is -0.130. The molecule has 0 saturated heterocycles. The first kappa shape index (κ1) is 21.9. The number of ketones is 1. The molecule has 7 heteroatoms. The number of nitrogens with zero attached hydrogens (tertiary/aromatic N) is 1. The molecule has 0 spiro atoms. The van der Waals surface area contributed by atoms with E-state index in [0.29, 0.717) is 23.7 Å². The summed E-state index contributed by atoms with van der Waals surface area (Å²) in [6, 6.07) is 9.15. The van der Waals surface area contributed by atoms with Gasteiger partial charge in [0.25, 0.3) is 5.91 Å². The first-order valence-corrected chi connectivity index (χ1v) is 9.01. The molecule has 0 atom stereocenters. The molecule has 0 heterocycles. The van der Waals surface area contributed by atoms with E-state index in [1.807, 2.05) is 6.92 Å². The summed E-state index contributed by atoms with van der Waals surface area (Å²) in [5.41, 5.74) is 0.911. The van der Waals surface area contributed by atoms with Crippen molar-refractivity contribution in [2.75, 3.05) is 34.4 Å². The van der Waals surface area contributed by atoms with E-state index in [1.54, 1.807) is 38.4 Å². The van der Waals surface area contributed by atoms with Crippen LogP contribution in [0.15, 0.2) is 42.5 Å². The number of rotatable bonds is 9. The molecule has 2 aromatic carbocycles. The Kier molecular flexibility index (Phi) is 7.77. The fourth-order valence-corrected chi connectivity index (χ4v) is 2.37. The third-order valence-corrected chi connectivity index (χ3v) is 3.98. The lowest BCUT2D eigenvalue weighted by Crippen LogP contribution is -2.27. The van der Waals surface area contributed by atoms with Gasteiger partial charge in [-0.15, -0.1) is 0 Å². The second-order valence-electron chi connectivity index (χ2n) is 6.26. The van der Waals surface area contributed by atoms with Crippen LogP contribution in [0.4, 0.5) is 4.39 Å². The number of hydrogen-bond donors (Lipinski definition) is 0. The highest BCUT2D eigenvalue weighted by molar-refractivity contribution is 6.06. The summed E-state index contributed by atoms with van der Waals surface area (Å²) in [5, 5.41) is 0. The lowest BCUT2D eigenvalue weighted by atomic mass is 10.1. The van der Waals surface area contributed by atoms with Crippen LogP contribution in [0.5, 0.6) is 17.2 Å². The molecule has 6 nitrogen and oxygen atoms in total. The van der Waals surface area contributed by atoms with Crippen molar-refractivity contribution in [3.8, 4) is 17.2 Å². The molecule has 0 radical (unpaired) electrons. The Hall–Kier alpha value is -3.35. The maximum absolute atomic E-state index is 13.8. The summed E-state index contributed by atoms with van der Waals surface area (Å²) in [6.07, 6.45) is 2.95. The molecule has 0 saturated carbocycles. The van der Waals surface area contributed by atoms with Crippen molar-refractivity contribution in [2.45, 2.75) is 6.92 Å². The number of likely N-dealkylation sites (N-methyl/N-ethyl adjacent to an activating group) is 1. The number of methoxy groups -OCH3 is 1. The molecule has 0 unspecified atom stereocenters. The molecule has 0 N–H and O–H groups in total. The van der Waals surface area contributed by atoms with E-state index < -0.39 is 5.82 Å². The molecular formula is C22H24FNO5. The minimum Gasteiger partial charge on any atom is -0.494 e. The zero-order valence-corrected chi connectivity index (χ0v) is 16.9. The van der Waals surface area contributed by atoms with Crippen molar-refractivity contribution in [1.82, 2.24) is 4.90 Å². The maximum atomic E-state index is 13.8. The predicted octanol–water partition coefficient (Wildman–Crippen LogP) is 3.60. The summed E-state index contributed by atoms with van der Waals surface area (Å²) < 4.78 is 29.7. The van der Waals surface area contributed by atoms with Crippen LogP contribution >= 0.6 is 0 Å². The minimum absolute atomic E-state index is 0.0789. The van der Waals surface area contributed by atoms with Gasteiger partial charge in [0.15, 0.2) is 35.5 Å². The molecule has 154 valence electrons. The number of allylic oxidation sites excluding steroid dienone is 1. The van der Waals surface area contributed by atoms with Crippen molar-refractivity contribution in [1.29, 1.82) is 0 Å². The third-order valence-electron chi connectivity index (χ3n) is 3.98. The average molecular weight is 401 g/mol. The van der Waals surface area contributed by atoms with E-state index in [4.69, 9.17) is 14.2 Å². The summed E-state index contributed by atoms with van der Waals surface area (Å²) in [6.45, 7) is 2.14. The van der Waals surface area contributed by atoms with Gasteiger partial charge in [-0.05, 0) is 48.9 Å². The van der Waals surface area contributed by atoms with Crippen molar-refractivity contribution in [3.63, 3.8) is 0 Å². The fourth-order valence-electron chi connectivity index (χ4n) is 2.37. The highest BCUT2D eigenvalue weighted by Gasteiger charge is 2.11. The zero-order valence-electron chi connectivity index (χ0n) is 16.9. The number of benzene rings is 2. The van der Waals surface area contributed by atoms with E-state index in [2.05, 4.69) is 0 Å². The minimum atomic E-state index is -0.598. The number of hydrogen-bond acceptors (Lipinski definition) is 5. The largest absolute Gasteiger partial charge is 0.494 e. The van der Waals surface area contributed by atoms with Gasteiger partial charge in [0.2, 0.25) is 0 Å². The molecule has 1 amide bonds. The number of ether oxygens (including phenoxy) is 3. The molecule has 29 heavy (non-hydrogen) atoms. The summed E-state index contributed by atoms with van der Waals surface area (Å²) in [7, 11) is 4.66. The van der Waals surface area contributed by atoms with Gasteiger partial charge in [-0.1, -0.05) is 12.1 Å². The molecule has 0 fully saturated rings. The van der Waals surface area contributed by atoms with Crippen LogP contribution in [0.1, 0.15) is 22.8 Å². The highest BCUT2D eigenvalue weighted by Crippen LogP contribution is 2.29. The molecule has 0 aromatic heterocycles. The first-order chi connectivity index (χ1) is 13.8. The maximum Gasteiger partial charge on any atom is 0.259 e. The van der Waals surface area contributed by atoms with Crippen LogP contribution in [0.25, 0.3) is 6.08 Å². The Labute approximate surface area is 169 Å². The Morgan fingerprint density at radius 1 is 1.03 bits per heavy atom. The van der Waals surface area contributed by atoms with E-state index in [-0.39, 0.29) is 29.6 Å². The van der Waals surface area contributed by atoms with Crippen molar-refractivity contribution in [2.24, 2.45) is 0 Å². The van der Waals surface area contributed by atoms with E-state index in [9.17, 15) is 14.0 Å². The number of halogens is 1. The number of carbonyl (C=O) groups is 2. The number of amides is 1. The second-order valence-corrected chi connectivity index (χ2v) is 6.26. The van der Waals surface area contributed by atoms with Crippen LogP contribution in [0.2, 0.25) is 0 Å². The monoisotopic (exact) mass is 401 g/mol. The van der Waals surface area contributed by atoms with Crippen molar-refractivity contribution >= 4 is 17.8 Å². The van der Waals surface area contributed by atoms with Gasteiger partial charge >= 0.3 is 0 Å². The molecule has 0 aliphatic carbocycles. The van der Waals surface area contributed by atoms with E-state index in [0.717, 1.165) is 6.07 Å². The van der Waals surface area contributed by atoms with Crippen molar-refractivity contribution in [3.05, 3.63) is 59.4 Å². The SMILES string of the molecule is CCOc1cc(/C=C/C(=O)c2ccc(OC)c(F)c2)ccc1OCC(=O)N(C)C. The molecule has 0 aliphatic rings. The average Bonchev–Trinajstić information content (AvgIpc) is 2.71. The van der Waals surface area contributed by atoms with Crippen LogP contribution < -0.4 is 14.2 Å². The zero-order chi connectivity index (χ0) is 21.4. The van der Waals surface area contributed by atoms with Gasteiger partial charge in [0.1, 0.15) is 0 Å². The first-order valence-electron chi connectivity index (χ1n) is 9.01. The molecule has 2 aromatic rings. The normalized spacial score (nSPS) is 10.7. The topological polar surface area (TPSA) is 65.1 Å². The van der Waals surface area contributed by atoms with E-state index in [1.165, 1.54) is 30.2 Å². The Balaban J connectivity index is 2.15. The Morgan fingerprint density at radius 3 is 2.38 bits per heavy atom. The van der Waals surface area contributed by atoms with Gasteiger partial charge in [-0.2, -0.15) is 0 Å². The summed E-state index contributed by atoms with van der Waals surface area (Å²) in [5.74, 6) is -0.142. The van der Waals surface area contributed by atoms with E-state index >= 15 is 0 Å².